The van der Waals surface area contributed by atoms with Crippen LogP contribution in [0.3, 0.4) is 0 Å². The molecular weight excluding hydrogens is 370 g/mol. The van der Waals surface area contributed by atoms with Gasteiger partial charge in [0, 0.05) is 51.3 Å². The van der Waals surface area contributed by atoms with Gasteiger partial charge in [0.15, 0.2) is 0 Å². The number of ether oxygens (including phenoxy) is 1. The summed E-state index contributed by atoms with van der Waals surface area (Å²) in [6.07, 6.45) is 8.55. The molecule has 1 aliphatic carbocycles. The second kappa shape index (κ2) is 9.52. The van der Waals surface area contributed by atoms with E-state index in [1.54, 1.807) is 6.20 Å². The van der Waals surface area contributed by atoms with E-state index < -0.39 is 0 Å². The molecule has 3 fully saturated rings. The molecule has 1 saturated carbocycles. The minimum Gasteiger partial charge on any atom is -0.378 e. The van der Waals surface area contributed by atoms with E-state index in [2.05, 4.69) is 15.2 Å². The number of likely N-dealkylation sites (tertiary alicyclic amines) is 1. The highest BCUT2D eigenvalue weighted by molar-refractivity contribution is 5.95. The zero-order valence-corrected chi connectivity index (χ0v) is 17.1. The number of aromatic nitrogens is 2. The van der Waals surface area contributed by atoms with Crippen molar-refractivity contribution >= 4 is 17.8 Å². The van der Waals surface area contributed by atoms with Crippen molar-refractivity contribution in [2.75, 3.05) is 50.8 Å². The van der Waals surface area contributed by atoms with Crippen molar-refractivity contribution in [2.24, 2.45) is 5.92 Å². The van der Waals surface area contributed by atoms with Gasteiger partial charge in [-0.1, -0.05) is 12.8 Å². The van der Waals surface area contributed by atoms with Gasteiger partial charge in [-0.15, -0.1) is 0 Å². The second-order valence-corrected chi connectivity index (χ2v) is 8.15. The lowest BCUT2D eigenvalue weighted by Crippen LogP contribution is -2.38. The van der Waals surface area contributed by atoms with Gasteiger partial charge in [0.2, 0.25) is 11.9 Å². The Bertz CT molecular complexity index is 723. The molecule has 0 radical (unpaired) electrons. The smallest absolute Gasteiger partial charge is 0.257 e. The highest BCUT2D eigenvalue weighted by atomic mass is 16.5. The summed E-state index contributed by atoms with van der Waals surface area (Å²) in [5.74, 6) is 0.934. The quantitative estimate of drug-likeness (QED) is 0.775. The topological polar surface area (TPSA) is 87.7 Å². The van der Waals surface area contributed by atoms with E-state index in [1.165, 1.54) is 0 Å². The van der Waals surface area contributed by atoms with Crippen LogP contribution in [0.5, 0.6) is 0 Å². The van der Waals surface area contributed by atoms with Gasteiger partial charge in [0.1, 0.15) is 0 Å². The summed E-state index contributed by atoms with van der Waals surface area (Å²) in [6, 6.07) is 0. The molecule has 3 heterocycles. The first-order valence-electron chi connectivity index (χ1n) is 11.0. The number of carbonyl (C=O) groups is 2. The number of anilines is 1. The zero-order chi connectivity index (χ0) is 20.1. The number of hydrogen-bond donors (Lipinski definition) is 1. The van der Waals surface area contributed by atoms with Crippen LogP contribution in [0.1, 0.15) is 54.6 Å². The maximum absolute atomic E-state index is 13.0. The maximum Gasteiger partial charge on any atom is 0.257 e. The lowest BCUT2D eigenvalue weighted by molar-refractivity contribution is -0.124. The lowest BCUT2D eigenvalue weighted by atomic mass is 10.1. The van der Waals surface area contributed by atoms with Gasteiger partial charge < -0.3 is 19.9 Å². The number of rotatable bonds is 6. The summed E-state index contributed by atoms with van der Waals surface area (Å²) < 4.78 is 5.42. The zero-order valence-electron chi connectivity index (χ0n) is 17.1. The predicted octanol–water partition coefficient (Wildman–Crippen LogP) is 1.40. The highest BCUT2D eigenvalue weighted by Gasteiger charge is 2.25. The molecule has 8 nitrogen and oxygen atoms in total. The lowest BCUT2D eigenvalue weighted by Gasteiger charge is -2.27. The molecule has 158 valence electrons. The van der Waals surface area contributed by atoms with Crippen molar-refractivity contribution < 1.29 is 14.3 Å². The van der Waals surface area contributed by atoms with Crippen LogP contribution >= 0.6 is 0 Å². The number of carbonyl (C=O) groups excluding carboxylic acids is 2. The van der Waals surface area contributed by atoms with Gasteiger partial charge in [-0.3, -0.25) is 9.59 Å². The van der Waals surface area contributed by atoms with Crippen LogP contribution < -0.4 is 10.2 Å². The summed E-state index contributed by atoms with van der Waals surface area (Å²) in [5, 5.41) is 3.05. The Labute approximate surface area is 172 Å². The SMILES string of the molecule is O=C(NCCc1nc(N2CCOCC2)ncc1C(=O)N1CCCC1)C1CCCC1. The first-order valence-corrected chi connectivity index (χ1v) is 11.0. The minimum absolute atomic E-state index is 0.00754. The van der Waals surface area contributed by atoms with Crippen molar-refractivity contribution in [3.05, 3.63) is 17.5 Å². The van der Waals surface area contributed by atoms with Gasteiger partial charge in [-0.25, -0.2) is 9.97 Å². The Hall–Kier alpha value is -2.22. The van der Waals surface area contributed by atoms with E-state index >= 15 is 0 Å². The molecule has 29 heavy (non-hydrogen) atoms. The summed E-state index contributed by atoms with van der Waals surface area (Å²) in [5.41, 5.74) is 1.30. The molecule has 1 aromatic rings. The van der Waals surface area contributed by atoms with Gasteiger partial charge in [0.05, 0.1) is 24.5 Å². The fourth-order valence-electron chi connectivity index (χ4n) is 4.42. The van der Waals surface area contributed by atoms with Gasteiger partial charge in [0.25, 0.3) is 5.91 Å². The Morgan fingerprint density at radius 1 is 1.07 bits per heavy atom. The van der Waals surface area contributed by atoms with E-state index in [9.17, 15) is 9.59 Å². The summed E-state index contributed by atoms with van der Waals surface area (Å²) >= 11 is 0. The molecular formula is C21H31N5O3. The fourth-order valence-corrected chi connectivity index (χ4v) is 4.42. The van der Waals surface area contributed by atoms with E-state index in [1.807, 2.05) is 4.90 Å². The number of nitrogens with zero attached hydrogens (tertiary/aromatic N) is 4. The van der Waals surface area contributed by atoms with Crippen molar-refractivity contribution in [2.45, 2.75) is 44.9 Å². The molecule has 2 aliphatic heterocycles. The van der Waals surface area contributed by atoms with Crippen molar-refractivity contribution in [3.8, 4) is 0 Å². The Balaban J connectivity index is 1.47. The van der Waals surface area contributed by atoms with Gasteiger partial charge in [-0.2, -0.15) is 0 Å². The average molecular weight is 402 g/mol. The Morgan fingerprint density at radius 2 is 1.79 bits per heavy atom. The van der Waals surface area contributed by atoms with E-state index in [0.29, 0.717) is 37.7 Å². The van der Waals surface area contributed by atoms with Crippen LogP contribution in [-0.2, 0) is 16.0 Å². The van der Waals surface area contributed by atoms with Gasteiger partial charge in [-0.05, 0) is 25.7 Å². The predicted molar refractivity (Wildman–Crippen MR) is 109 cm³/mol. The van der Waals surface area contributed by atoms with Crippen LogP contribution in [0.4, 0.5) is 5.95 Å². The van der Waals surface area contributed by atoms with E-state index in [-0.39, 0.29) is 17.7 Å². The molecule has 4 rings (SSSR count). The maximum atomic E-state index is 13.0. The minimum atomic E-state index is 0.00754. The molecule has 0 unspecified atom stereocenters. The van der Waals surface area contributed by atoms with Crippen molar-refractivity contribution in [1.82, 2.24) is 20.2 Å². The van der Waals surface area contributed by atoms with Crippen molar-refractivity contribution in [1.29, 1.82) is 0 Å². The number of nitrogens with one attached hydrogen (secondary N) is 1. The number of hydrogen-bond acceptors (Lipinski definition) is 6. The second-order valence-electron chi connectivity index (χ2n) is 8.15. The number of morpholine rings is 1. The van der Waals surface area contributed by atoms with E-state index in [4.69, 9.17) is 9.72 Å². The van der Waals surface area contributed by atoms with Gasteiger partial charge >= 0.3 is 0 Å². The van der Waals surface area contributed by atoms with Crippen LogP contribution in [0.2, 0.25) is 0 Å². The molecule has 0 spiro atoms. The van der Waals surface area contributed by atoms with E-state index in [0.717, 1.165) is 70.4 Å². The molecule has 3 aliphatic rings. The van der Waals surface area contributed by atoms with Crippen LogP contribution in [0, 0.1) is 5.92 Å². The molecule has 1 aromatic heterocycles. The first kappa shape index (κ1) is 20.1. The van der Waals surface area contributed by atoms with Crippen LogP contribution in [0.25, 0.3) is 0 Å². The van der Waals surface area contributed by atoms with Crippen molar-refractivity contribution in [3.63, 3.8) is 0 Å². The fraction of sp³-hybridized carbons (Fsp3) is 0.714. The molecule has 0 aromatic carbocycles. The highest BCUT2D eigenvalue weighted by Crippen LogP contribution is 2.24. The summed E-state index contributed by atoms with van der Waals surface area (Å²) in [6.45, 7) is 4.89. The third-order valence-electron chi connectivity index (χ3n) is 6.16. The summed E-state index contributed by atoms with van der Waals surface area (Å²) in [4.78, 5) is 38.5. The van der Waals surface area contributed by atoms with Crippen LogP contribution in [-0.4, -0.2) is 72.6 Å². The molecule has 1 N–H and O–H groups in total. The molecule has 2 saturated heterocycles. The Kier molecular flexibility index (Phi) is 6.59. The van der Waals surface area contributed by atoms with Crippen LogP contribution in [0.15, 0.2) is 6.20 Å². The molecule has 0 bridgehead atoms. The monoisotopic (exact) mass is 401 g/mol. The normalized spacial score (nSPS) is 20.3. The standard InChI is InChI=1S/C21H31N5O3/c27-19(16-5-1-2-6-16)22-8-7-18-17(20(28)25-9-3-4-10-25)15-23-21(24-18)26-11-13-29-14-12-26/h15-16H,1-14H2,(H,22,27). The average Bonchev–Trinajstić information content (AvgIpc) is 3.48. The largest absolute Gasteiger partial charge is 0.378 e. The third-order valence-corrected chi connectivity index (χ3v) is 6.16. The number of amides is 2. The summed E-state index contributed by atoms with van der Waals surface area (Å²) in [7, 11) is 0. The third kappa shape index (κ3) is 4.86. The first-order chi connectivity index (χ1) is 14.2. The molecule has 0 atom stereocenters. The Morgan fingerprint density at radius 3 is 2.52 bits per heavy atom. The molecule has 2 amide bonds. The molecule has 8 heteroatoms.